The molecular weight excluding hydrogens is 496 g/mol. The first-order valence-corrected chi connectivity index (χ1v) is 13.1. The van der Waals surface area contributed by atoms with Crippen molar-refractivity contribution in [3.05, 3.63) is 92.1 Å². The van der Waals surface area contributed by atoms with Gasteiger partial charge in [-0.05, 0) is 52.8 Å². The summed E-state index contributed by atoms with van der Waals surface area (Å²) < 4.78 is 16.9. The molecule has 0 radical (unpaired) electrons. The Morgan fingerprint density at radius 2 is 1.81 bits per heavy atom. The van der Waals surface area contributed by atoms with Crippen LogP contribution in [0.15, 0.2) is 59.3 Å². The maximum atomic E-state index is 11.6. The fraction of sp³-hybridized carbons (Fsp3) is 0.310. The third-order valence-corrected chi connectivity index (χ3v) is 6.88. The van der Waals surface area contributed by atoms with E-state index >= 15 is 0 Å². The predicted octanol–water partition coefficient (Wildman–Crippen LogP) is 6.11. The van der Waals surface area contributed by atoms with Crippen molar-refractivity contribution in [2.45, 2.75) is 51.4 Å². The second-order valence-corrected chi connectivity index (χ2v) is 9.93. The van der Waals surface area contributed by atoms with Gasteiger partial charge >= 0.3 is 11.9 Å². The quantitative estimate of drug-likeness (QED) is 0.289. The molecule has 1 fully saturated rings. The van der Waals surface area contributed by atoms with Gasteiger partial charge in [-0.3, -0.25) is 9.59 Å². The van der Waals surface area contributed by atoms with Gasteiger partial charge in [-0.25, -0.2) is 0 Å². The largest absolute Gasteiger partial charge is 0.463 e. The molecule has 5 nitrogen and oxygen atoms in total. The highest BCUT2D eigenvalue weighted by Crippen LogP contribution is 2.35. The molecule has 2 aromatic carbocycles. The molecule has 0 spiro atoms. The molecule has 3 aromatic rings. The van der Waals surface area contributed by atoms with Crippen molar-refractivity contribution in [1.29, 1.82) is 0 Å². The third-order valence-electron chi connectivity index (χ3n) is 5.83. The zero-order chi connectivity index (χ0) is 25.5. The SMILES string of the molecule is CC(=O)OC[C@@H]1C[C@H](OC(C)=O)C[C@H](c2ccc(Cl)c(Cc3ccc(C#Cc4ccsc4)cc3)c2)O1. The third kappa shape index (κ3) is 7.44. The van der Waals surface area contributed by atoms with Gasteiger partial charge in [0.25, 0.3) is 0 Å². The van der Waals surface area contributed by atoms with Crippen molar-refractivity contribution >= 4 is 34.9 Å². The van der Waals surface area contributed by atoms with E-state index in [1.165, 1.54) is 13.8 Å². The molecule has 36 heavy (non-hydrogen) atoms. The number of hydrogen-bond donors (Lipinski definition) is 0. The van der Waals surface area contributed by atoms with Gasteiger partial charge < -0.3 is 14.2 Å². The zero-order valence-electron chi connectivity index (χ0n) is 20.2. The van der Waals surface area contributed by atoms with Crippen molar-refractivity contribution in [2.75, 3.05) is 6.61 Å². The van der Waals surface area contributed by atoms with Gasteiger partial charge in [-0.1, -0.05) is 47.7 Å². The van der Waals surface area contributed by atoms with Crippen molar-refractivity contribution in [2.24, 2.45) is 0 Å². The van der Waals surface area contributed by atoms with Gasteiger partial charge in [0.1, 0.15) is 12.7 Å². The molecule has 7 heteroatoms. The second-order valence-electron chi connectivity index (χ2n) is 8.74. The number of hydrogen-bond acceptors (Lipinski definition) is 6. The van der Waals surface area contributed by atoms with Crippen LogP contribution in [0.1, 0.15) is 60.6 Å². The first-order chi connectivity index (χ1) is 17.4. The predicted molar refractivity (Wildman–Crippen MR) is 140 cm³/mol. The number of benzene rings is 2. The summed E-state index contributed by atoms with van der Waals surface area (Å²) in [4.78, 5) is 22.9. The van der Waals surface area contributed by atoms with Crippen molar-refractivity contribution in [1.82, 2.24) is 0 Å². The summed E-state index contributed by atoms with van der Waals surface area (Å²) in [5, 5.41) is 4.71. The van der Waals surface area contributed by atoms with Crippen LogP contribution in [0.5, 0.6) is 0 Å². The Morgan fingerprint density at radius 1 is 1.03 bits per heavy atom. The van der Waals surface area contributed by atoms with Crippen LogP contribution in [0.3, 0.4) is 0 Å². The Labute approximate surface area is 220 Å². The Morgan fingerprint density at radius 3 is 2.50 bits per heavy atom. The summed E-state index contributed by atoms with van der Waals surface area (Å²) in [5.41, 5.74) is 5.00. The van der Waals surface area contributed by atoms with Crippen molar-refractivity contribution in [3.63, 3.8) is 0 Å². The molecule has 2 heterocycles. The molecule has 4 rings (SSSR count). The van der Waals surface area contributed by atoms with Crippen LogP contribution in [-0.4, -0.2) is 30.8 Å². The Kier molecular flexibility index (Phi) is 8.82. The van der Waals surface area contributed by atoms with E-state index in [0.29, 0.717) is 24.3 Å². The van der Waals surface area contributed by atoms with E-state index in [1.807, 2.05) is 47.2 Å². The summed E-state index contributed by atoms with van der Waals surface area (Å²) in [6, 6.07) is 16.0. The van der Waals surface area contributed by atoms with Crippen LogP contribution in [0.25, 0.3) is 0 Å². The normalized spacial score (nSPS) is 19.1. The average Bonchev–Trinajstić information content (AvgIpc) is 3.37. The first-order valence-electron chi connectivity index (χ1n) is 11.7. The molecular formula is C29H27ClO5S. The van der Waals surface area contributed by atoms with Gasteiger partial charge in [0, 0.05) is 48.2 Å². The standard InChI is InChI=1S/C29H27ClO5S/c1-19(31)33-17-27-15-26(34-20(2)32)16-29(35-27)24-9-10-28(30)25(14-24)13-22-6-3-21(4-7-22)5-8-23-11-12-36-18-23/h3-4,6-7,9-12,14,18,26-27,29H,13,15-17H2,1-2H3/t26-,27-,29+/m0/s1. The van der Waals surface area contributed by atoms with Gasteiger partial charge in [-0.15, -0.1) is 0 Å². The van der Waals surface area contributed by atoms with Crippen LogP contribution >= 0.6 is 22.9 Å². The molecule has 0 unspecified atom stereocenters. The van der Waals surface area contributed by atoms with E-state index in [-0.39, 0.29) is 36.9 Å². The number of carbonyl (C=O) groups excluding carboxylic acids is 2. The van der Waals surface area contributed by atoms with E-state index in [1.54, 1.807) is 11.3 Å². The lowest BCUT2D eigenvalue weighted by molar-refractivity contribution is -0.169. The molecule has 186 valence electrons. The van der Waals surface area contributed by atoms with Gasteiger partial charge in [0.2, 0.25) is 0 Å². The number of rotatable bonds is 6. The lowest BCUT2D eigenvalue weighted by Gasteiger charge is -2.35. The monoisotopic (exact) mass is 522 g/mol. The number of esters is 2. The lowest BCUT2D eigenvalue weighted by atomic mass is 9.93. The van der Waals surface area contributed by atoms with Gasteiger partial charge in [0.15, 0.2) is 0 Å². The summed E-state index contributed by atoms with van der Waals surface area (Å²) in [6.45, 7) is 2.87. The van der Waals surface area contributed by atoms with Gasteiger partial charge in [0.05, 0.1) is 12.2 Å². The van der Waals surface area contributed by atoms with Crippen LogP contribution in [0.4, 0.5) is 0 Å². The fourth-order valence-electron chi connectivity index (χ4n) is 4.17. The summed E-state index contributed by atoms with van der Waals surface area (Å²) in [7, 11) is 0. The van der Waals surface area contributed by atoms with Crippen LogP contribution in [0.2, 0.25) is 5.02 Å². The first kappa shape index (κ1) is 26.0. The molecule has 0 saturated carbocycles. The Balaban J connectivity index is 1.48. The highest BCUT2D eigenvalue weighted by atomic mass is 35.5. The van der Waals surface area contributed by atoms with Crippen LogP contribution in [0, 0.1) is 11.8 Å². The summed E-state index contributed by atoms with van der Waals surface area (Å²) in [5.74, 6) is 5.64. The number of ether oxygens (including phenoxy) is 3. The molecule has 0 amide bonds. The summed E-state index contributed by atoms with van der Waals surface area (Å²) in [6.07, 6.45) is 0.666. The van der Waals surface area contributed by atoms with Crippen LogP contribution < -0.4 is 0 Å². The van der Waals surface area contributed by atoms with Gasteiger partial charge in [-0.2, -0.15) is 11.3 Å². The second kappa shape index (κ2) is 12.2. The lowest BCUT2D eigenvalue weighted by Crippen LogP contribution is -2.36. The van der Waals surface area contributed by atoms with Crippen molar-refractivity contribution < 1.29 is 23.8 Å². The molecule has 1 aromatic heterocycles. The maximum Gasteiger partial charge on any atom is 0.302 e. The van der Waals surface area contributed by atoms with E-state index in [9.17, 15) is 9.59 Å². The van der Waals surface area contributed by atoms with E-state index in [2.05, 4.69) is 24.0 Å². The minimum atomic E-state index is -0.373. The smallest absolute Gasteiger partial charge is 0.302 e. The van der Waals surface area contributed by atoms with E-state index in [0.717, 1.165) is 27.8 Å². The van der Waals surface area contributed by atoms with E-state index in [4.69, 9.17) is 25.8 Å². The Bertz CT molecular complexity index is 1260. The molecule has 1 saturated heterocycles. The topological polar surface area (TPSA) is 61.8 Å². The highest BCUT2D eigenvalue weighted by molar-refractivity contribution is 7.08. The molecule has 0 aliphatic carbocycles. The summed E-state index contributed by atoms with van der Waals surface area (Å²) >= 11 is 8.18. The number of carbonyl (C=O) groups is 2. The minimum Gasteiger partial charge on any atom is -0.463 e. The highest BCUT2D eigenvalue weighted by Gasteiger charge is 2.33. The maximum absolute atomic E-state index is 11.6. The molecule has 1 aliphatic rings. The fourth-order valence-corrected chi connectivity index (χ4v) is 4.94. The molecule has 3 atom stereocenters. The molecule has 1 aliphatic heterocycles. The van der Waals surface area contributed by atoms with Crippen molar-refractivity contribution in [3.8, 4) is 11.8 Å². The zero-order valence-corrected chi connectivity index (χ0v) is 21.7. The van der Waals surface area contributed by atoms with Crippen LogP contribution in [-0.2, 0) is 30.2 Å². The minimum absolute atomic E-state index is 0.117. The van der Waals surface area contributed by atoms with E-state index < -0.39 is 0 Å². The number of thiophene rings is 1. The molecule has 0 N–H and O–H groups in total. The number of halogens is 1. The Hall–Kier alpha value is -3.11. The molecule has 0 bridgehead atoms. The average molecular weight is 523 g/mol.